The Morgan fingerprint density at radius 2 is 2.36 bits per heavy atom. The molecular formula is C8H5N3. The highest BCUT2D eigenvalue weighted by Gasteiger charge is 1.95. The van der Waals surface area contributed by atoms with Gasteiger partial charge in [-0.2, -0.15) is 0 Å². The second-order valence-electron chi connectivity index (χ2n) is 2.09. The Kier molecular flexibility index (Phi) is 1.13. The molecule has 0 unspecified atom stereocenters. The molecule has 0 saturated heterocycles. The van der Waals surface area contributed by atoms with Crippen molar-refractivity contribution in [2.45, 2.75) is 0 Å². The molecule has 0 N–H and O–H groups in total. The minimum Gasteiger partial charge on any atom is -0.290 e. The minimum atomic E-state index is 0.722. The Morgan fingerprint density at radius 3 is 3.18 bits per heavy atom. The Morgan fingerprint density at radius 1 is 1.45 bits per heavy atom. The molecule has 0 aliphatic rings. The zero-order valence-electron chi connectivity index (χ0n) is 5.73. The van der Waals surface area contributed by atoms with Gasteiger partial charge in [-0.15, -0.1) is 6.42 Å². The summed E-state index contributed by atoms with van der Waals surface area (Å²) in [5.41, 5.74) is 1.50. The third-order valence-corrected chi connectivity index (χ3v) is 1.46. The zero-order chi connectivity index (χ0) is 7.68. The van der Waals surface area contributed by atoms with Gasteiger partial charge in [-0.05, 0) is 0 Å². The summed E-state index contributed by atoms with van der Waals surface area (Å²) in [6.07, 6.45) is 12.0. The summed E-state index contributed by atoms with van der Waals surface area (Å²) < 4.78 is 1.81. The molecular weight excluding hydrogens is 138 g/mol. The van der Waals surface area contributed by atoms with Gasteiger partial charge in [0.05, 0.1) is 12.4 Å². The first-order chi connectivity index (χ1) is 5.42. The van der Waals surface area contributed by atoms with E-state index < -0.39 is 0 Å². The van der Waals surface area contributed by atoms with Crippen LogP contribution in [0.15, 0.2) is 24.8 Å². The molecule has 0 atom stereocenters. The lowest BCUT2D eigenvalue weighted by atomic mass is 10.4. The van der Waals surface area contributed by atoms with Crippen LogP contribution in [-0.2, 0) is 0 Å². The standard InChI is InChI=1S/C8H5N3/c1-2-7-5-9-6-8-10-3-4-11(7)8/h1,3-6H. The van der Waals surface area contributed by atoms with Crippen molar-refractivity contribution < 1.29 is 0 Å². The van der Waals surface area contributed by atoms with Crippen LogP contribution in [0.4, 0.5) is 0 Å². The van der Waals surface area contributed by atoms with E-state index in [9.17, 15) is 0 Å². The van der Waals surface area contributed by atoms with Gasteiger partial charge in [-0.3, -0.25) is 9.38 Å². The number of imidazole rings is 1. The maximum absolute atomic E-state index is 5.24. The number of nitrogens with zero attached hydrogens (tertiary/aromatic N) is 3. The third kappa shape index (κ3) is 0.767. The maximum atomic E-state index is 5.24. The highest BCUT2D eigenvalue weighted by molar-refractivity contribution is 5.40. The fourth-order valence-corrected chi connectivity index (χ4v) is 0.958. The number of terminal acetylenes is 1. The van der Waals surface area contributed by atoms with Gasteiger partial charge in [0.25, 0.3) is 0 Å². The van der Waals surface area contributed by atoms with Crippen molar-refractivity contribution in [1.29, 1.82) is 0 Å². The normalized spacial score (nSPS) is 9.73. The summed E-state index contributed by atoms with van der Waals surface area (Å²) in [4.78, 5) is 7.96. The molecule has 2 aromatic rings. The van der Waals surface area contributed by atoms with Gasteiger partial charge in [-0.1, -0.05) is 5.92 Å². The smallest absolute Gasteiger partial charge is 0.156 e. The Bertz CT molecular complexity index is 422. The highest BCUT2D eigenvalue weighted by Crippen LogP contribution is 2.00. The topological polar surface area (TPSA) is 30.2 Å². The van der Waals surface area contributed by atoms with E-state index in [1.165, 1.54) is 0 Å². The van der Waals surface area contributed by atoms with Gasteiger partial charge in [0.2, 0.25) is 0 Å². The molecule has 11 heavy (non-hydrogen) atoms. The summed E-state index contributed by atoms with van der Waals surface area (Å²) >= 11 is 0. The second kappa shape index (κ2) is 2.10. The summed E-state index contributed by atoms with van der Waals surface area (Å²) in [6.45, 7) is 0. The summed E-state index contributed by atoms with van der Waals surface area (Å²) in [7, 11) is 0. The van der Waals surface area contributed by atoms with Crippen LogP contribution in [0, 0.1) is 12.3 Å². The number of hydrogen-bond acceptors (Lipinski definition) is 2. The first kappa shape index (κ1) is 5.93. The van der Waals surface area contributed by atoms with Crippen molar-refractivity contribution in [3.8, 4) is 12.3 Å². The molecule has 0 amide bonds. The monoisotopic (exact) mass is 143 g/mol. The van der Waals surface area contributed by atoms with Crippen LogP contribution < -0.4 is 0 Å². The molecule has 0 spiro atoms. The van der Waals surface area contributed by atoms with E-state index in [2.05, 4.69) is 15.9 Å². The van der Waals surface area contributed by atoms with Crippen LogP contribution in [0.2, 0.25) is 0 Å². The molecule has 0 aliphatic carbocycles. The van der Waals surface area contributed by atoms with Crippen LogP contribution in [-0.4, -0.2) is 14.4 Å². The lowest BCUT2D eigenvalue weighted by Crippen LogP contribution is -1.91. The molecule has 0 aliphatic heterocycles. The van der Waals surface area contributed by atoms with Crippen molar-refractivity contribution in [3.05, 3.63) is 30.5 Å². The van der Waals surface area contributed by atoms with Gasteiger partial charge in [-0.25, -0.2) is 4.98 Å². The zero-order valence-corrected chi connectivity index (χ0v) is 5.73. The Balaban J connectivity index is 2.92. The number of hydrogen-bond donors (Lipinski definition) is 0. The summed E-state index contributed by atoms with van der Waals surface area (Å²) in [5.74, 6) is 2.52. The molecule has 2 aromatic heterocycles. The average molecular weight is 143 g/mol. The molecule has 0 aromatic carbocycles. The van der Waals surface area contributed by atoms with E-state index in [0.717, 1.165) is 11.3 Å². The van der Waals surface area contributed by atoms with Gasteiger partial charge < -0.3 is 0 Å². The van der Waals surface area contributed by atoms with E-state index in [-0.39, 0.29) is 0 Å². The predicted molar refractivity (Wildman–Crippen MR) is 40.9 cm³/mol. The van der Waals surface area contributed by atoms with E-state index >= 15 is 0 Å². The van der Waals surface area contributed by atoms with Gasteiger partial charge in [0.15, 0.2) is 5.65 Å². The lowest BCUT2D eigenvalue weighted by Gasteiger charge is -1.94. The fraction of sp³-hybridized carbons (Fsp3) is 0. The molecule has 0 fully saturated rings. The number of rotatable bonds is 0. The SMILES string of the molecule is C#Cc1cncc2nccn12. The van der Waals surface area contributed by atoms with E-state index in [1.54, 1.807) is 18.6 Å². The number of aromatic nitrogens is 3. The first-order valence-corrected chi connectivity index (χ1v) is 3.15. The third-order valence-electron chi connectivity index (χ3n) is 1.46. The van der Waals surface area contributed by atoms with Crippen LogP contribution >= 0.6 is 0 Å². The highest BCUT2D eigenvalue weighted by atomic mass is 15.0. The molecule has 0 saturated carbocycles. The molecule has 2 heterocycles. The lowest BCUT2D eigenvalue weighted by molar-refractivity contribution is 1.10. The summed E-state index contributed by atoms with van der Waals surface area (Å²) in [5, 5.41) is 0. The summed E-state index contributed by atoms with van der Waals surface area (Å²) in [6, 6.07) is 0. The van der Waals surface area contributed by atoms with Crippen LogP contribution in [0.3, 0.4) is 0 Å². The predicted octanol–water partition coefficient (Wildman–Crippen LogP) is 0.711. The van der Waals surface area contributed by atoms with Crippen molar-refractivity contribution in [1.82, 2.24) is 14.4 Å². The molecule has 0 bridgehead atoms. The van der Waals surface area contributed by atoms with E-state index in [4.69, 9.17) is 6.42 Å². The second-order valence-corrected chi connectivity index (χ2v) is 2.09. The minimum absolute atomic E-state index is 0.722. The van der Waals surface area contributed by atoms with Crippen LogP contribution in [0.25, 0.3) is 5.65 Å². The first-order valence-electron chi connectivity index (χ1n) is 3.15. The fourth-order valence-electron chi connectivity index (χ4n) is 0.958. The quantitative estimate of drug-likeness (QED) is 0.508. The largest absolute Gasteiger partial charge is 0.290 e. The average Bonchev–Trinajstić information content (AvgIpc) is 2.50. The van der Waals surface area contributed by atoms with Crippen LogP contribution in [0.1, 0.15) is 5.69 Å². The Labute approximate surface area is 63.7 Å². The van der Waals surface area contributed by atoms with Gasteiger partial charge in [0, 0.05) is 12.4 Å². The van der Waals surface area contributed by atoms with Crippen molar-refractivity contribution >= 4 is 5.65 Å². The van der Waals surface area contributed by atoms with Gasteiger partial charge >= 0.3 is 0 Å². The van der Waals surface area contributed by atoms with E-state index in [0.29, 0.717) is 0 Å². The molecule has 3 heteroatoms. The Hall–Kier alpha value is -1.82. The van der Waals surface area contributed by atoms with E-state index in [1.807, 2.05) is 10.6 Å². The molecule has 3 nitrogen and oxygen atoms in total. The van der Waals surface area contributed by atoms with Gasteiger partial charge in [0.1, 0.15) is 5.69 Å². The molecule has 2 rings (SSSR count). The van der Waals surface area contributed by atoms with Crippen molar-refractivity contribution in [3.63, 3.8) is 0 Å². The number of fused-ring (bicyclic) bond motifs is 1. The molecule has 52 valence electrons. The maximum Gasteiger partial charge on any atom is 0.156 e. The van der Waals surface area contributed by atoms with Crippen molar-refractivity contribution in [2.24, 2.45) is 0 Å². The van der Waals surface area contributed by atoms with Crippen LogP contribution in [0.5, 0.6) is 0 Å². The molecule has 0 radical (unpaired) electrons. The van der Waals surface area contributed by atoms with Crippen molar-refractivity contribution in [2.75, 3.05) is 0 Å².